The van der Waals surface area contributed by atoms with Crippen molar-refractivity contribution in [3.63, 3.8) is 0 Å². The van der Waals surface area contributed by atoms with Gasteiger partial charge in [-0.3, -0.25) is 0 Å². The molecule has 0 radical (unpaired) electrons. The molecule has 110 valence electrons. The Kier molecular flexibility index (Phi) is 4.94. The number of benzene rings is 2. The third-order valence-corrected chi connectivity index (χ3v) is 5.31. The van der Waals surface area contributed by atoms with Crippen molar-refractivity contribution in [3.8, 4) is 0 Å². The van der Waals surface area contributed by atoms with E-state index in [2.05, 4.69) is 41.3 Å². The molecule has 0 bridgehead atoms. The largest absolute Gasteiger partial charge is 0.305 e. The van der Waals surface area contributed by atoms with Gasteiger partial charge in [-0.15, -0.1) is 0 Å². The number of nitrogens with one attached hydrogen (secondary N) is 1. The lowest BCUT2D eigenvalue weighted by atomic mass is 9.98. The smallest absolute Gasteiger partial charge is 0.123 e. The molecule has 1 aliphatic rings. The lowest BCUT2D eigenvalue weighted by Gasteiger charge is -2.22. The molecule has 0 spiro atoms. The molecule has 0 aromatic heterocycles. The minimum atomic E-state index is -0.183. The lowest BCUT2D eigenvalue weighted by molar-refractivity contribution is 0.580. The third-order valence-electron chi connectivity index (χ3n) is 3.91. The maximum absolute atomic E-state index is 13.2. The maximum Gasteiger partial charge on any atom is 0.123 e. The van der Waals surface area contributed by atoms with Gasteiger partial charge in [0.1, 0.15) is 5.82 Å². The Labute approximate surface area is 130 Å². The van der Waals surface area contributed by atoms with E-state index in [9.17, 15) is 4.39 Å². The first-order valence-corrected chi connectivity index (χ1v) is 8.53. The van der Waals surface area contributed by atoms with Crippen LogP contribution >= 0.6 is 11.8 Å². The molecular weight excluding hydrogens is 281 g/mol. The third kappa shape index (κ3) is 3.86. The van der Waals surface area contributed by atoms with Crippen molar-refractivity contribution in [1.82, 2.24) is 5.32 Å². The van der Waals surface area contributed by atoms with Crippen LogP contribution in [0.3, 0.4) is 0 Å². The maximum atomic E-state index is 13.2. The highest BCUT2D eigenvalue weighted by atomic mass is 32.2. The van der Waals surface area contributed by atoms with E-state index in [4.69, 9.17) is 0 Å². The summed E-state index contributed by atoms with van der Waals surface area (Å²) in [6, 6.07) is 17.4. The van der Waals surface area contributed by atoms with Crippen LogP contribution in [0.15, 0.2) is 54.6 Å². The van der Waals surface area contributed by atoms with Gasteiger partial charge >= 0.3 is 0 Å². The molecule has 2 aromatic rings. The zero-order valence-corrected chi connectivity index (χ0v) is 12.8. The number of thioether (sulfide) groups is 1. The van der Waals surface area contributed by atoms with Crippen molar-refractivity contribution in [1.29, 1.82) is 0 Å². The SMILES string of the molecule is Fc1ccc(C(NCC2CCCS2)c2ccccc2)cc1. The van der Waals surface area contributed by atoms with Crippen LogP contribution in [0.5, 0.6) is 0 Å². The molecule has 1 nitrogen and oxygen atoms in total. The van der Waals surface area contributed by atoms with Gasteiger partial charge in [-0.05, 0) is 41.9 Å². The van der Waals surface area contributed by atoms with Crippen LogP contribution in [0.25, 0.3) is 0 Å². The van der Waals surface area contributed by atoms with Crippen LogP contribution in [-0.2, 0) is 0 Å². The number of rotatable bonds is 5. The van der Waals surface area contributed by atoms with Gasteiger partial charge in [0.15, 0.2) is 0 Å². The summed E-state index contributed by atoms with van der Waals surface area (Å²) in [4.78, 5) is 0. The Hall–Kier alpha value is -1.32. The number of halogens is 1. The first-order valence-electron chi connectivity index (χ1n) is 7.48. The predicted molar refractivity (Wildman–Crippen MR) is 88.2 cm³/mol. The molecular formula is C18H20FNS. The van der Waals surface area contributed by atoms with Gasteiger partial charge in [0.2, 0.25) is 0 Å². The number of hydrogen-bond donors (Lipinski definition) is 1. The van der Waals surface area contributed by atoms with E-state index < -0.39 is 0 Å². The molecule has 0 amide bonds. The van der Waals surface area contributed by atoms with Crippen LogP contribution in [0.1, 0.15) is 30.0 Å². The molecule has 0 aliphatic carbocycles. The van der Waals surface area contributed by atoms with Crippen molar-refractivity contribution in [2.24, 2.45) is 0 Å². The Balaban J connectivity index is 1.78. The standard InChI is InChI=1S/C18H20FNS/c19-16-10-8-15(9-11-16)18(14-5-2-1-3-6-14)20-13-17-7-4-12-21-17/h1-3,5-6,8-11,17-18,20H,4,7,12-13H2. The highest BCUT2D eigenvalue weighted by molar-refractivity contribution is 8.00. The van der Waals surface area contributed by atoms with Gasteiger partial charge < -0.3 is 5.32 Å². The Morgan fingerprint density at radius 2 is 1.76 bits per heavy atom. The van der Waals surface area contributed by atoms with E-state index in [-0.39, 0.29) is 11.9 Å². The van der Waals surface area contributed by atoms with Crippen LogP contribution < -0.4 is 5.32 Å². The van der Waals surface area contributed by atoms with Gasteiger partial charge in [0.25, 0.3) is 0 Å². The molecule has 2 atom stereocenters. The molecule has 1 fully saturated rings. The van der Waals surface area contributed by atoms with Gasteiger partial charge in [0.05, 0.1) is 6.04 Å². The Bertz CT molecular complexity index is 549. The molecule has 1 heterocycles. The van der Waals surface area contributed by atoms with Crippen molar-refractivity contribution < 1.29 is 4.39 Å². The molecule has 0 saturated carbocycles. The zero-order valence-electron chi connectivity index (χ0n) is 12.0. The summed E-state index contributed by atoms with van der Waals surface area (Å²) in [7, 11) is 0. The molecule has 2 unspecified atom stereocenters. The van der Waals surface area contributed by atoms with Crippen molar-refractivity contribution in [3.05, 3.63) is 71.5 Å². The summed E-state index contributed by atoms with van der Waals surface area (Å²) >= 11 is 2.05. The van der Waals surface area contributed by atoms with Gasteiger partial charge in [-0.2, -0.15) is 11.8 Å². The topological polar surface area (TPSA) is 12.0 Å². The van der Waals surface area contributed by atoms with Crippen LogP contribution in [0.2, 0.25) is 0 Å². The van der Waals surface area contributed by atoms with Gasteiger partial charge in [-0.1, -0.05) is 42.5 Å². The molecule has 21 heavy (non-hydrogen) atoms. The van der Waals surface area contributed by atoms with Crippen molar-refractivity contribution >= 4 is 11.8 Å². The minimum Gasteiger partial charge on any atom is -0.305 e. The minimum absolute atomic E-state index is 0.132. The first-order chi connectivity index (χ1) is 10.3. The summed E-state index contributed by atoms with van der Waals surface area (Å²) in [5.74, 6) is 1.09. The molecule has 3 heteroatoms. The van der Waals surface area contributed by atoms with E-state index >= 15 is 0 Å². The summed E-state index contributed by atoms with van der Waals surface area (Å²) in [6.07, 6.45) is 2.62. The first kappa shape index (κ1) is 14.6. The van der Waals surface area contributed by atoms with Gasteiger partial charge in [-0.25, -0.2) is 4.39 Å². The highest BCUT2D eigenvalue weighted by Gasteiger charge is 2.19. The van der Waals surface area contributed by atoms with Crippen molar-refractivity contribution in [2.45, 2.75) is 24.1 Å². The van der Waals surface area contributed by atoms with Crippen LogP contribution in [-0.4, -0.2) is 17.5 Å². The van der Waals surface area contributed by atoms with Crippen LogP contribution in [0, 0.1) is 5.82 Å². The van der Waals surface area contributed by atoms with E-state index in [0.29, 0.717) is 5.25 Å². The average molecular weight is 301 g/mol. The number of hydrogen-bond acceptors (Lipinski definition) is 2. The molecule has 1 saturated heterocycles. The average Bonchev–Trinajstić information content (AvgIpc) is 3.04. The molecule has 2 aromatic carbocycles. The second kappa shape index (κ2) is 7.10. The fourth-order valence-corrected chi connectivity index (χ4v) is 4.00. The Morgan fingerprint density at radius 3 is 2.43 bits per heavy atom. The van der Waals surface area contributed by atoms with Crippen molar-refractivity contribution in [2.75, 3.05) is 12.3 Å². The summed E-state index contributed by atoms with van der Waals surface area (Å²) in [5.41, 5.74) is 2.35. The fourth-order valence-electron chi connectivity index (χ4n) is 2.78. The summed E-state index contributed by atoms with van der Waals surface area (Å²) in [5, 5.41) is 4.38. The Morgan fingerprint density at radius 1 is 1.05 bits per heavy atom. The monoisotopic (exact) mass is 301 g/mol. The second-order valence-corrected chi connectivity index (χ2v) is 6.85. The van der Waals surface area contributed by atoms with Gasteiger partial charge in [0, 0.05) is 11.8 Å². The van der Waals surface area contributed by atoms with E-state index in [0.717, 1.165) is 12.1 Å². The normalized spacial score (nSPS) is 19.6. The molecule has 3 rings (SSSR count). The molecule has 1 aliphatic heterocycles. The lowest BCUT2D eigenvalue weighted by Crippen LogP contribution is -2.28. The summed E-state index contributed by atoms with van der Waals surface area (Å²) in [6.45, 7) is 1.00. The fraction of sp³-hybridized carbons (Fsp3) is 0.333. The van der Waals surface area contributed by atoms with Crippen LogP contribution in [0.4, 0.5) is 4.39 Å². The quantitative estimate of drug-likeness (QED) is 0.878. The second-order valence-electron chi connectivity index (χ2n) is 5.44. The van der Waals surface area contributed by atoms with E-state index in [1.165, 1.54) is 36.3 Å². The molecule has 1 N–H and O–H groups in total. The predicted octanol–water partition coefficient (Wildman–Crippen LogP) is 4.40. The van der Waals surface area contributed by atoms with E-state index in [1.54, 1.807) is 0 Å². The zero-order chi connectivity index (χ0) is 14.5. The highest BCUT2D eigenvalue weighted by Crippen LogP contribution is 2.27. The van der Waals surface area contributed by atoms with E-state index in [1.807, 2.05) is 18.2 Å². The summed E-state index contributed by atoms with van der Waals surface area (Å²) < 4.78 is 13.2.